The van der Waals surface area contributed by atoms with Crippen LogP contribution in [0.4, 0.5) is 4.79 Å². The van der Waals surface area contributed by atoms with Crippen molar-refractivity contribution in [2.45, 2.75) is 6.61 Å². The average molecular weight is 270 g/mol. The molecule has 5 nitrogen and oxygen atoms in total. The zero-order valence-electron chi connectivity index (χ0n) is 10.7. The molecule has 0 saturated heterocycles. The summed E-state index contributed by atoms with van der Waals surface area (Å²) < 4.78 is 5.00. The fourth-order valence-electron chi connectivity index (χ4n) is 1.56. The molecule has 0 aliphatic carbocycles. The van der Waals surface area contributed by atoms with Gasteiger partial charge < -0.3 is 9.84 Å². The highest BCUT2D eigenvalue weighted by atomic mass is 16.5. The van der Waals surface area contributed by atoms with Gasteiger partial charge >= 0.3 is 6.09 Å². The SMILES string of the molecule is N=C(NC(=O)OCc1ccccc1)c1ccc(O)cc1. The van der Waals surface area contributed by atoms with E-state index in [1.54, 1.807) is 0 Å². The van der Waals surface area contributed by atoms with Gasteiger partial charge in [-0.2, -0.15) is 0 Å². The third kappa shape index (κ3) is 3.84. The number of phenolic OH excluding ortho intramolecular Hbond substituents is 1. The molecule has 0 aliphatic rings. The van der Waals surface area contributed by atoms with Crippen LogP contribution in [0.1, 0.15) is 11.1 Å². The molecule has 2 rings (SSSR count). The first kappa shape index (κ1) is 13.6. The molecule has 3 N–H and O–H groups in total. The standard InChI is InChI=1S/C15H14N2O3/c16-14(12-6-8-13(18)9-7-12)17-15(19)20-10-11-4-2-1-3-5-11/h1-9,18H,10H2,(H2,16,17,19). The summed E-state index contributed by atoms with van der Waals surface area (Å²) in [6, 6.07) is 15.2. The van der Waals surface area contributed by atoms with E-state index in [1.165, 1.54) is 24.3 Å². The lowest BCUT2D eigenvalue weighted by atomic mass is 10.2. The number of amidine groups is 1. The van der Waals surface area contributed by atoms with Crippen molar-refractivity contribution < 1.29 is 14.6 Å². The monoisotopic (exact) mass is 270 g/mol. The minimum Gasteiger partial charge on any atom is -0.508 e. The number of carbonyl (C=O) groups is 1. The molecule has 2 aromatic rings. The lowest BCUT2D eigenvalue weighted by molar-refractivity contribution is 0.145. The van der Waals surface area contributed by atoms with Gasteiger partial charge in [-0.25, -0.2) is 4.79 Å². The quantitative estimate of drug-likeness (QED) is 0.592. The van der Waals surface area contributed by atoms with Crippen molar-refractivity contribution in [1.82, 2.24) is 5.32 Å². The predicted octanol–water partition coefficient (Wildman–Crippen LogP) is 2.64. The summed E-state index contributed by atoms with van der Waals surface area (Å²) in [5, 5.41) is 19.2. The van der Waals surface area contributed by atoms with Crippen LogP contribution in [0.15, 0.2) is 54.6 Å². The van der Waals surface area contributed by atoms with Crippen LogP contribution in [0.3, 0.4) is 0 Å². The molecule has 0 unspecified atom stereocenters. The van der Waals surface area contributed by atoms with Gasteiger partial charge in [-0.3, -0.25) is 10.7 Å². The van der Waals surface area contributed by atoms with E-state index in [0.717, 1.165) is 5.56 Å². The number of benzene rings is 2. The van der Waals surface area contributed by atoms with Crippen LogP contribution in [-0.4, -0.2) is 17.0 Å². The Morgan fingerprint density at radius 3 is 2.40 bits per heavy atom. The largest absolute Gasteiger partial charge is 0.508 e. The maximum Gasteiger partial charge on any atom is 0.413 e. The number of nitrogens with one attached hydrogen (secondary N) is 2. The number of ether oxygens (including phenoxy) is 1. The van der Waals surface area contributed by atoms with Gasteiger partial charge in [-0.05, 0) is 29.8 Å². The third-order valence-corrected chi connectivity index (χ3v) is 2.60. The first-order valence-electron chi connectivity index (χ1n) is 6.01. The Morgan fingerprint density at radius 1 is 1.10 bits per heavy atom. The highest BCUT2D eigenvalue weighted by molar-refractivity contribution is 6.04. The van der Waals surface area contributed by atoms with Crippen LogP contribution in [0.2, 0.25) is 0 Å². The topological polar surface area (TPSA) is 82.4 Å². The summed E-state index contributed by atoms with van der Waals surface area (Å²) in [4.78, 5) is 11.5. The first-order valence-corrected chi connectivity index (χ1v) is 6.01. The Kier molecular flexibility index (Phi) is 4.34. The summed E-state index contributed by atoms with van der Waals surface area (Å²) in [5.74, 6) is 0.0243. The van der Waals surface area contributed by atoms with E-state index in [0.29, 0.717) is 5.56 Å². The fraction of sp³-hybridized carbons (Fsp3) is 0.0667. The summed E-state index contributed by atoms with van der Waals surface area (Å²) >= 11 is 0. The molecule has 5 heteroatoms. The Labute approximate surface area is 116 Å². The van der Waals surface area contributed by atoms with Crippen molar-refractivity contribution in [3.05, 3.63) is 65.7 Å². The van der Waals surface area contributed by atoms with Crippen molar-refractivity contribution in [1.29, 1.82) is 5.41 Å². The highest BCUT2D eigenvalue weighted by Crippen LogP contribution is 2.09. The molecular weight excluding hydrogens is 256 g/mol. The van der Waals surface area contributed by atoms with Crippen molar-refractivity contribution in [3.63, 3.8) is 0 Å². The van der Waals surface area contributed by atoms with Gasteiger partial charge in [0.1, 0.15) is 18.2 Å². The molecule has 0 atom stereocenters. The van der Waals surface area contributed by atoms with Crippen molar-refractivity contribution in [3.8, 4) is 5.75 Å². The smallest absolute Gasteiger partial charge is 0.413 e. The predicted molar refractivity (Wildman–Crippen MR) is 74.7 cm³/mol. The lowest BCUT2D eigenvalue weighted by Crippen LogP contribution is -2.30. The van der Waals surface area contributed by atoms with E-state index in [4.69, 9.17) is 15.3 Å². The zero-order valence-corrected chi connectivity index (χ0v) is 10.7. The second kappa shape index (κ2) is 6.38. The minimum atomic E-state index is -0.688. The van der Waals surface area contributed by atoms with Crippen molar-refractivity contribution in [2.24, 2.45) is 0 Å². The molecule has 1 amide bonds. The van der Waals surface area contributed by atoms with Gasteiger partial charge in [0.2, 0.25) is 0 Å². The van der Waals surface area contributed by atoms with Gasteiger partial charge in [-0.1, -0.05) is 30.3 Å². The van der Waals surface area contributed by atoms with E-state index < -0.39 is 6.09 Å². The van der Waals surface area contributed by atoms with E-state index >= 15 is 0 Å². The van der Waals surface area contributed by atoms with Crippen LogP contribution in [0.25, 0.3) is 0 Å². The molecule has 2 aromatic carbocycles. The molecular formula is C15H14N2O3. The number of hydrogen-bond acceptors (Lipinski definition) is 4. The summed E-state index contributed by atoms with van der Waals surface area (Å²) in [7, 11) is 0. The summed E-state index contributed by atoms with van der Waals surface area (Å²) in [6.07, 6.45) is -0.688. The number of phenols is 1. The minimum absolute atomic E-state index is 0.0805. The average Bonchev–Trinajstić information content (AvgIpc) is 2.47. The normalized spacial score (nSPS) is 9.80. The summed E-state index contributed by atoms with van der Waals surface area (Å²) in [6.45, 7) is 0.148. The second-order valence-electron chi connectivity index (χ2n) is 4.11. The number of carbonyl (C=O) groups excluding carboxylic acids is 1. The van der Waals surface area contributed by atoms with Crippen molar-refractivity contribution in [2.75, 3.05) is 0 Å². The first-order chi connectivity index (χ1) is 9.65. The van der Waals surface area contributed by atoms with Gasteiger partial charge in [0.15, 0.2) is 0 Å². The van der Waals surface area contributed by atoms with Gasteiger partial charge in [-0.15, -0.1) is 0 Å². The van der Waals surface area contributed by atoms with E-state index in [1.807, 2.05) is 30.3 Å². The molecule has 0 aromatic heterocycles. The van der Waals surface area contributed by atoms with Gasteiger partial charge in [0, 0.05) is 5.56 Å². The molecule has 0 spiro atoms. The lowest BCUT2D eigenvalue weighted by Gasteiger charge is -2.08. The van der Waals surface area contributed by atoms with E-state index in [-0.39, 0.29) is 18.2 Å². The fourth-order valence-corrected chi connectivity index (χ4v) is 1.56. The van der Waals surface area contributed by atoms with Crippen LogP contribution >= 0.6 is 0 Å². The highest BCUT2D eigenvalue weighted by Gasteiger charge is 2.08. The molecule has 20 heavy (non-hydrogen) atoms. The molecule has 0 bridgehead atoms. The molecule has 0 saturated carbocycles. The number of alkyl carbamates (subject to hydrolysis) is 1. The van der Waals surface area contributed by atoms with Gasteiger partial charge in [0.25, 0.3) is 0 Å². The summed E-state index contributed by atoms with van der Waals surface area (Å²) in [5.41, 5.74) is 1.36. The number of amides is 1. The van der Waals surface area contributed by atoms with Crippen molar-refractivity contribution >= 4 is 11.9 Å². The molecule has 0 heterocycles. The maximum absolute atomic E-state index is 11.5. The third-order valence-electron chi connectivity index (χ3n) is 2.60. The van der Waals surface area contributed by atoms with Crippen LogP contribution in [0, 0.1) is 5.41 Å². The second-order valence-corrected chi connectivity index (χ2v) is 4.11. The number of aromatic hydroxyl groups is 1. The van der Waals surface area contributed by atoms with Crippen LogP contribution < -0.4 is 5.32 Å². The molecule has 0 fully saturated rings. The zero-order chi connectivity index (χ0) is 14.4. The van der Waals surface area contributed by atoms with Gasteiger partial charge in [0.05, 0.1) is 0 Å². The maximum atomic E-state index is 11.5. The van der Waals surface area contributed by atoms with Crippen LogP contribution in [-0.2, 0) is 11.3 Å². The van der Waals surface area contributed by atoms with E-state index in [9.17, 15) is 4.79 Å². The Balaban J connectivity index is 1.85. The molecule has 102 valence electrons. The Bertz CT molecular complexity index is 594. The number of rotatable bonds is 3. The molecule has 0 radical (unpaired) electrons. The Morgan fingerprint density at radius 2 is 1.75 bits per heavy atom. The van der Waals surface area contributed by atoms with E-state index in [2.05, 4.69) is 5.32 Å². The number of hydrogen-bond donors (Lipinski definition) is 3. The molecule has 0 aliphatic heterocycles. The Hall–Kier alpha value is -2.82. The van der Waals surface area contributed by atoms with Crippen LogP contribution in [0.5, 0.6) is 5.75 Å².